The molecule has 0 aliphatic carbocycles. The normalized spacial score (nSPS) is 12.8. The topological polar surface area (TPSA) is 72.8 Å². The molecule has 3 heterocycles. The molecule has 1 aromatic carbocycles. The predicted molar refractivity (Wildman–Crippen MR) is 92.7 cm³/mol. The van der Waals surface area contributed by atoms with Crippen molar-refractivity contribution in [3.8, 4) is 11.4 Å². The molecule has 4 rings (SSSR count). The Bertz CT molecular complexity index is 1030. The largest absolute Gasteiger partial charge is 0.494 e. The molecule has 2 aromatic heterocycles. The SMILES string of the molecule is C=C(OCC)c1cc(C)cc2c(=O)n3c(nc12)-c1c[nH]nc1CC3. The zero-order valence-electron chi connectivity index (χ0n) is 13.7. The van der Waals surface area contributed by atoms with E-state index in [1.54, 1.807) is 10.8 Å². The molecule has 6 heteroatoms. The molecule has 1 aliphatic rings. The van der Waals surface area contributed by atoms with Crippen LogP contribution in [0.25, 0.3) is 28.0 Å². The van der Waals surface area contributed by atoms with Crippen LogP contribution in [-0.4, -0.2) is 26.4 Å². The molecule has 0 radical (unpaired) electrons. The highest BCUT2D eigenvalue weighted by molar-refractivity contribution is 5.90. The summed E-state index contributed by atoms with van der Waals surface area (Å²) < 4.78 is 7.30. The molecule has 0 bridgehead atoms. The van der Waals surface area contributed by atoms with Gasteiger partial charge in [0.25, 0.3) is 5.56 Å². The number of nitrogens with zero attached hydrogens (tertiary/aromatic N) is 3. The van der Waals surface area contributed by atoms with Crippen LogP contribution in [0.5, 0.6) is 0 Å². The van der Waals surface area contributed by atoms with Gasteiger partial charge < -0.3 is 4.74 Å². The van der Waals surface area contributed by atoms with Gasteiger partial charge in [-0.2, -0.15) is 5.10 Å². The van der Waals surface area contributed by atoms with Gasteiger partial charge in [0.05, 0.1) is 28.8 Å². The minimum absolute atomic E-state index is 0.0314. The number of aromatic amines is 1. The highest BCUT2D eigenvalue weighted by Crippen LogP contribution is 2.29. The number of hydrogen-bond donors (Lipinski definition) is 1. The van der Waals surface area contributed by atoms with Gasteiger partial charge in [-0.25, -0.2) is 4.98 Å². The average Bonchev–Trinajstić information content (AvgIpc) is 3.04. The molecule has 122 valence electrons. The van der Waals surface area contributed by atoms with Crippen molar-refractivity contribution in [2.24, 2.45) is 0 Å². The first-order chi connectivity index (χ1) is 11.6. The lowest BCUT2D eigenvalue weighted by Crippen LogP contribution is -2.27. The highest BCUT2D eigenvalue weighted by atomic mass is 16.5. The molecular formula is C18H18N4O2. The van der Waals surface area contributed by atoms with E-state index in [-0.39, 0.29) is 5.56 Å². The summed E-state index contributed by atoms with van der Waals surface area (Å²) in [6.45, 7) is 8.96. The van der Waals surface area contributed by atoms with Crippen LogP contribution in [0.2, 0.25) is 0 Å². The van der Waals surface area contributed by atoms with Gasteiger partial charge >= 0.3 is 0 Å². The molecule has 3 aromatic rings. The van der Waals surface area contributed by atoms with Crippen LogP contribution in [-0.2, 0) is 17.7 Å². The van der Waals surface area contributed by atoms with Crippen LogP contribution in [0.1, 0.15) is 23.7 Å². The Hall–Kier alpha value is -2.89. The number of H-pyrrole nitrogens is 1. The zero-order valence-corrected chi connectivity index (χ0v) is 13.7. The smallest absolute Gasteiger partial charge is 0.261 e. The number of nitrogens with one attached hydrogen (secondary N) is 1. The van der Waals surface area contributed by atoms with E-state index in [1.807, 2.05) is 26.0 Å². The second-order valence-corrected chi connectivity index (χ2v) is 5.95. The van der Waals surface area contributed by atoms with Crippen LogP contribution in [0.4, 0.5) is 0 Å². The Morgan fingerprint density at radius 1 is 1.46 bits per heavy atom. The molecule has 24 heavy (non-hydrogen) atoms. The highest BCUT2D eigenvalue weighted by Gasteiger charge is 2.23. The van der Waals surface area contributed by atoms with Crippen molar-refractivity contribution in [3.05, 3.63) is 52.1 Å². The van der Waals surface area contributed by atoms with Gasteiger partial charge in [0.1, 0.15) is 11.6 Å². The number of fused-ring (bicyclic) bond motifs is 4. The summed E-state index contributed by atoms with van der Waals surface area (Å²) >= 11 is 0. The number of benzene rings is 1. The Morgan fingerprint density at radius 2 is 2.29 bits per heavy atom. The van der Waals surface area contributed by atoms with Crippen molar-refractivity contribution in [2.75, 3.05) is 6.61 Å². The van der Waals surface area contributed by atoms with Crippen molar-refractivity contribution >= 4 is 16.7 Å². The van der Waals surface area contributed by atoms with Crippen molar-refractivity contribution in [1.82, 2.24) is 19.7 Å². The lowest BCUT2D eigenvalue weighted by atomic mass is 10.0. The van der Waals surface area contributed by atoms with Gasteiger partial charge in [-0.1, -0.05) is 6.58 Å². The van der Waals surface area contributed by atoms with E-state index >= 15 is 0 Å². The van der Waals surface area contributed by atoms with Crippen molar-refractivity contribution < 1.29 is 4.74 Å². The maximum absolute atomic E-state index is 13.0. The zero-order chi connectivity index (χ0) is 16.8. The predicted octanol–water partition coefficient (Wildman–Crippen LogP) is 2.66. The average molecular weight is 322 g/mol. The van der Waals surface area contributed by atoms with E-state index in [4.69, 9.17) is 9.72 Å². The number of aromatic nitrogens is 4. The van der Waals surface area contributed by atoms with Crippen LogP contribution < -0.4 is 5.56 Å². The van der Waals surface area contributed by atoms with Crippen LogP contribution in [0.3, 0.4) is 0 Å². The van der Waals surface area contributed by atoms with E-state index in [9.17, 15) is 4.79 Å². The first-order valence-electron chi connectivity index (χ1n) is 8.00. The summed E-state index contributed by atoms with van der Waals surface area (Å²) in [6.07, 6.45) is 2.52. The van der Waals surface area contributed by atoms with E-state index in [0.29, 0.717) is 35.6 Å². The maximum Gasteiger partial charge on any atom is 0.261 e. The fraction of sp³-hybridized carbons (Fsp3) is 0.278. The number of hydrogen-bond acceptors (Lipinski definition) is 4. The molecule has 0 saturated heterocycles. The van der Waals surface area contributed by atoms with Gasteiger partial charge in [-0.05, 0) is 31.5 Å². The molecule has 0 fully saturated rings. The molecule has 0 saturated carbocycles. The molecular weight excluding hydrogens is 304 g/mol. The molecule has 1 N–H and O–H groups in total. The summed E-state index contributed by atoms with van der Waals surface area (Å²) in [5.74, 6) is 1.18. The number of aryl methyl sites for hydroxylation is 2. The van der Waals surface area contributed by atoms with E-state index in [1.165, 1.54) is 0 Å². The summed E-state index contributed by atoms with van der Waals surface area (Å²) in [4.78, 5) is 17.8. The first-order valence-corrected chi connectivity index (χ1v) is 8.00. The van der Waals surface area contributed by atoms with Crippen LogP contribution >= 0.6 is 0 Å². The fourth-order valence-corrected chi connectivity index (χ4v) is 3.27. The van der Waals surface area contributed by atoms with Gasteiger partial charge in [-0.15, -0.1) is 0 Å². The molecule has 1 aliphatic heterocycles. The number of rotatable bonds is 3. The summed E-state index contributed by atoms with van der Waals surface area (Å²) in [6, 6.07) is 3.84. The van der Waals surface area contributed by atoms with E-state index in [2.05, 4.69) is 16.8 Å². The lowest BCUT2D eigenvalue weighted by molar-refractivity contribution is 0.299. The van der Waals surface area contributed by atoms with Gasteiger partial charge in [-0.3, -0.25) is 14.5 Å². The van der Waals surface area contributed by atoms with Crippen molar-refractivity contribution in [1.29, 1.82) is 0 Å². The van der Waals surface area contributed by atoms with Gasteiger partial charge in [0, 0.05) is 24.7 Å². The van der Waals surface area contributed by atoms with Gasteiger partial charge in [0.15, 0.2) is 0 Å². The second-order valence-electron chi connectivity index (χ2n) is 5.95. The standard InChI is InChI=1S/C18H18N4O2/c1-4-24-11(3)12-7-10(2)8-13-16(12)20-17-14-9-19-21-15(14)5-6-22(17)18(13)23/h7-9H,3-6H2,1-2H3,(H,19,21). The van der Waals surface area contributed by atoms with Crippen molar-refractivity contribution in [3.63, 3.8) is 0 Å². The van der Waals surface area contributed by atoms with Crippen LogP contribution in [0, 0.1) is 6.92 Å². The summed E-state index contributed by atoms with van der Waals surface area (Å²) in [7, 11) is 0. The minimum atomic E-state index is -0.0314. The minimum Gasteiger partial charge on any atom is -0.494 e. The third-order valence-electron chi connectivity index (χ3n) is 4.35. The monoisotopic (exact) mass is 322 g/mol. The fourth-order valence-electron chi connectivity index (χ4n) is 3.27. The summed E-state index contributed by atoms with van der Waals surface area (Å²) in [5.41, 5.74) is 4.17. The maximum atomic E-state index is 13.0. The third-order valence-corrected chi connectivity index (χ3v) is 4.35. The van der Waals surface area contributed by atoms with Crippen molar-refractivity contribution in [2.45, 2.75) is 26.8 Å². The quantitative estimate of drug-likeness (QED) is 0.752. The van der Waals surface area contributed by atoms with E-state index < -0.39 is 0 Å². The Morgan fingerprint density at radius 3 is 3.08 bits per heavy atom. The first kappa shape index (κ1) is 14.7. The molecule has 6 nitrogen and oxygen atoms in total. The second kappa shape index (κ2) is 5.33. The molecule has 0 unspecified atom stereocenters. The third kappa shape index (κ3) is 2.06. The molecule has 0 atom stereocenters. The molecule has 0 amide bonds. The molecule has 0 spiro atoms. The Kier molecular flexibility index (Phi) is 3.26. The van der Waals surface area contributed by atoms with Crippen LogP contribution in [0.15, 0.2) is 29.7 Å². The van der Waals surface area contributed by atoms with E-state index in [0.717, 1.165) is 28.8 Å². The Balaban J connectivity index is 2.07. The number of ether oxygens (including phenoxy) is 1. The van der Waals surface area contributed by atoms with Gasteiger partial charge in [0.2, 0.25) is 0 Å². The summed E-state index contributed by atoms with van der Waals surface area (Å²) in [5, 5.41) is 7.71. The Labute approximate surface area is 138 Å². The lowest BCUT2D eigenvalue weighted by Gasteiger charge is -2.19.